The fourth-order valence-electron chi connectivity index (χ4n) is 2.90. The van der Waals surface area contributed by atoms with E-state index in [1.807, 2.05) is 27.0 Å². The van der Waals surface area contributed by atoms with Crippen LogP contribution in [0.5, 0.6) is 0 Å². The molecule has 2 aromatic heterocycles. The van der Waals surface area contributed by atoms with E-state index in [0.717, 1.165) is 48.4 Å². The van der Waals surface area contributed by atoms with Crippen molar-refractivity contribution in [2.24, 2.45) is 7.05 Å². The lowest BCUT2D eigenvalue weighted by Gasteiger charge is -2.24. The molecule has 21 heavy (non-hydrogen) atoms. The maximum absolute atomic E-state index is 12.5. The van der Waals surface area contributed by atoms with Gasteiger partial charge in [-0.1, -0.05) is 0 Å². The van der Waals surface area contributed by atoms with Gasteiger partial charge in [-0.2, -0.15) is 5.10 Å². The molecule has 6 heteroatoms. The molecule has 1 fully saturated rings. The summed E-state index contributed by atoms with van der Waals surface area (Å²) in [5.41, 5.74) is 3.10. The Morgan fingerprint density at radius 3 is 2.95 bits per heavy atom. The van der Waals surface area contributed by atoms with Crippen molar-refractivity contribution in [3.8, 4) is 0 Å². The Labute approximate surface area is 123 Å². The average Bonchev–Trinajstić information content (AvgIpc) is 2.73. The molecule has 1 saturated heterocycles. The summed E-state index contributed by atoms with van der Waals surface area (Å²) in [5, 5.41) is 11.7. The third-order valence-electron chi connectivity index (χ3n) is 4.07. The number of aromatic nitrogens is 3. The molecule has 0 aromatic carbocycles. The fraction of sp³-hybridized carbons (Fsp3) is 0.533. The van der Waals surface area contributed by atoms with Crippen LogP contribution in [0.4, 0.5) is 0 Å². The summed E-state index contributed by atoms with van der Waals surface area (Å²) in [7, 11) is 1.87. The van der Waals surface area contributed by atoms with Crippen LogP contribution in [-0.2, 0) is 7.05 Å². The van der Waals surface area contributed by atoms with Gasteiger partial charge in [-0.3, -0.25) is 9.48 Å². The Morgan fingerprint density at radius 1 is 1.43 bits per heavy atom. The van der Waals surface area contributed by atoms with Gasteiger partial charge in [0.1, 0.15) is 0 Å². The van der Waals surface area contributed by atoms with Gasteiger partial charge in [0.2, 0.25) is 0 Å². The van der Waals surface area contributed by atoms with Gasteiger partial charge in [-0.05, 0) is 39.3 Å². The summed E-state index contributed by atoms with van der Waals surface area (Å²) in [6.07, 6.45) is 2.13. The molecule has 3 rings (SSSR count). The molecular weight excluding hydrogens is 266 g/mol. The van der Waals surface area contributed by atoms with Crippen molar-refractivity contribution in [3.63, 3.8) is 0 Å². The van der Waals surface area contributed by atoms with Crippen LogP contribution in [0.25, 0.3) is 11.0 Å². The number of nitrogens with one attached hydrogen (secondary N) is 2. The van der Waals surface area contributed by atoms with Crippen LogP contribution in [0.2, 0.25) is 0 Å². The SMILES string of the molecule is Cc1nc2c(cc1C(=O)N[C@H]1CCCNC1)c(C)nn2C. The number of carbonyl (C=O) groups is 1. The second-order valence-electron chi connectivity index (χ2n) is 5.72. The third-order valence-corrected chi connectivity index (χ3v) is 4.07. The Balaban J connectivity index is 1.90. The van der Waals surface area contributed by atoms with Gasteiger partial charge in [0.25, 0.3) is 5.91 Å². The summed E-state index contributed by atoms with van der Waals surface area (Å²) in [6.45, 7) is 5.68. The molecule has 112 valence electrons. The zero-order valence-corrected chi connectivity index (χ0v) is 12.7. The molecule has 3 heterocycles. The van der Waals surface area contributed by atoms with Gasteiger partial charge in [0.05, 0.1) is 17.0 Å². The van der Waals surface area contributed by atoms with E-state index in [1.165, 1.54) is 0 Å². The predicted octanol–water partition coefficient (Wildman–Crippen LogP) is 1.07. The second-order valence-corrected chi connectivity index (χ2v) is 5.72. The highest BCUT2D eigenvalue weighted by molar-refractivity contribution is 5.98. The van der Waals surface area contributed by atoms with Crippen molar-refractivity contribution >= 4 is 16.9 Å². The Bertz CT molecular complexity index is 685. The maximum atomic E-state index is 12.5. The third kappa shape index (κ3) is 2.63. The van der Waals surface area contributed by atoms with Gasteiger partial charge in [0, 0.05) is 25.0 Å². The Morgan fingerprint density at radius 2 is 2.24 bits per heavy atom. The van der Waals surface area contributed by atoms with E-state index in [4.69, 9.17) is 0 Å². The molecule has 0 aliphatic carbocycles. The van der Waals surface area contributed by atoms with Crippen LogP contribution in [-0.4, -0.2) is 39.8 Å². The van der Waals surface area contributed by atoms with Crippen LogP contribution >= 0.6 is 0 Å². The fourth-order valence-corrected chi connectivity index (χ4v) is 2.90. The van der Waals surface area contributed by atoms with Crippen molar-refractivity contribution in [3.05, 3.63) is 23.0 Å². The first-order chi connectivity index (χ1) is 10.1. The second kappa shape index (κ2) is 5.44. The van der Waals surface area contributed by atoms with Crippen LogP contribution in [0.15, 0.2) is 6.07 Å². The summed E-state index contributed by atoms with van der Waals surface area (Å²) in [4.78, 5) is 17.0. The maximum Gasteiger partial charge on any atom is 0.253 e. The number of aryl methyl sites for hydroxylation is 3. The highest BCUT2D eigenvalue weighted by atomic mass is 16.1. The zero-order chi connectivity index (χ0) is 15.0. The van der Waals surface area contributed by atoms with E-state index in [1.54, 1.807) is 4.68 Å². The Kier molecular flexibility index (Phi) is 3.63. The first-order valence-corrected chi connectivity index (χ1v) is 7.39. The molecule has 0 unspecified atom stereocenters. The van der Waals surface area contributed by atoms with Crippen molar-refractivity contribution < 1.29 is 4.79 Å². The van der Waals surface area contributed by atoms with Crippen LogP contribution in [0, 0.1) is 13.8 Å². The summed E-state index contributed by atoms with van der Waals surface area (Å²) in [6, 6.07) is 2.11. The molecule has 1 atom stereocenters. The Hall–Kier alpha value is -1.95. The first-order valence-electron chi connectivity index (χ1n) is 7.39. The molecule has 6 nitrogen and oxygen atoms in total. The predicted molar refractivity (Wildman–Crippen MR) is 81.3 cm³/mol. The summed E-state index contributed by atoms with van der Waals surface area (Å²) >= 11 is 0. The lowest BCUT2D eigenvalue weighted by Crippen LogP contribution is -2.45. The quantitative estimate of drug-likeness (QED) is 0.866. The molecule has 0 bridgehead atoms. The number of fused-ring (bicyclic) bond motifs is 1. The van der Waals surface area contributed by atoms with Crippen LogP contribution in [0.3, 0.4) is 0 Å². The average molecular weight is 287 g/mol. The van der Waals surface area contributed by atoms with Crippen molar-refractivity contribution in [2.75, 3.05) is 13.1 Å². The smallest absolute Gasteiger partial charge is 0.253 e. The van der Waals surface area contributed by atoms with Gasteiger partial charge in [-0.25, -0.2) is 4.98 Å². The van der Waals surface area contributed by atoms with E-state index in [2.05, 4.69) is 20.7 Å². The van der Waals surface area contributed by atoms with Crippen LogP contribution < -0.4 is 10.6 Å². The standard InChI is InChI=1S/C15H21N5O/c1-9-13(15(21)18-11-5-4-6-16-8-11)7-12-10(2)19-20(3)14(12)17-9/h7,11,16H,4-6,8H2,1-3H3,(H,18,21)/t11-/m0/s1. The molecule has 0 spiro atoms. The topological polar surface area (TPSA) is 71.8 Å². The molecule has 0 radical (unpaired) electrons. The molecule has 1 amide bonds. The van der Waals surface area contributed by atoms with Crippen molar-refractivity contribution in [2.45, 2.75) is 32.7 Å². The number of piperidine rings is 1. The van der Waals surface area contributed by atoms with Gasteiger partial charge in [-0.15, -0.1) is 0 Å². The normalized spacial score (nSPS) is 18.9. The number of amides is 1. The van der Waals surface area contributed by atoms with Crippen molar-refractivity contribution in [1.29, 1.82) is 0 Å². The van der Waals surface area contributed by atoms with Gasteiger partial charge >= 0.3 is 0 Å². The summed E-state index contributed by atoms with van der Waals surface area (Å²) in [5.74, 6) is -0.0427. The molecule has 2 N–H and O–H groups in total. The molecule has 2 aromatic rings. The lowest BCUT2D eigenvalue weighted by molar-refractivity contribution is 0.0930. The van der Waals surface area contributed by atoms with E-state index in [0.29, 0.717) is 5.56 Å². The number of rotatable bonds is 2. The monoisotopic (exact) mass is 287 g/mol. The summed E-state index contributed by atoms with van der Waals surface area (Å²) < 4.78 is 1.75. The first kappa shape index (κ1) is 14.0. The number of hydrogen-bond donors (Lipinski definition) is 2. The largest absolute Gasteiger partial charge is 0.348 e. The number of hydrogen-bond acceptors (Lipinski definition) is 4. The van der Waals surface area contributed by atoms with E-state index < -0.39 is 0 Å². The molecular formula is C15H21N5O. The minimum absolute atomic E-state index is 0.0427. The van der Waals surface area contributed by atoms with Crippen molar-refractivity contribution in [1.82, 2.24) is 25.4 Å². The number of nitrogens with zero attached hydrogens (tertiary/aromatic N) is 3. The van der Waals surface area contributed by atoms with E-state index in [-0.39, 0.29) is 11.9 Å². The minimum atomic E-state index is -0.0427. The molecule has 1 aliphatic rings. The van der Waals surface area contributed by atoms with E-state index in [9.17, 15) is 4.79 Å². The number of pyridine rings is 1. The van der Waals surface area contributed by atoms with Crippen LogP contribution in [0.1, 0.15) is 34.6 Å². The minimum Gasteiger partial charge on any atom is -0.348 e. The highest BCUT2D eigenvalue weighted by Crippen LogP contribution is 2.19. The molecule has 0 saturated carbocycles. The van der Waals surface area contributed by atoms with E-state index >= 15 is 0 Å². The number of carbonyl (C=O) groups excluding carboxylic acids is 1. The highest BCUT2D eigenvalue weighted by Gasteiger charge is 2.19. The van der Waals surface area contributed by atoms with Gasteiger partial charge in [0.15, 0.2) is 5.65 Å². The van der Waals surface area contributed by atoms with Gasteiger partial charge < -0.3 is 10.6 Å². The zero-order valence-electron chi connectivity index (χ0n) is 12.7. The molecule has 1 aliphatic heterocycles. The lowest BCUT2D eigenvalue weighted by atomic mass is 10.1.